The predicted molar refractivity (Wildman–Crippen MR) is 74.3 cm³/mol. The SMILES string of the molecule is CCC(Cl)Oc1cccc2oc3ccccc3c12. The number of benzene rings is 2. The Morgan fingerprint density at radius 1 is 1.11 bits per heavy atom. The molecule has 0 radical (unpaired) electrons. The summed E-state index contributed by atoms with van der Waals surface area (Å²) in [7, 11) is 0. The van der Waals surface area contributed by atoms with E-state index in [1.807, 2.05) is 49.4 Å². The average molecular weight is 261 g/mol. The van der Waals surface area contributed by atoms with E-state index in [1.165, 1.54) is 0 Å². The van der Waals surface area contributed by atoms with E-state index in [-0.39, 0.29) is 5.56 Å². The second kappa shape index (κ2) is 4.54. The van der Waals surface area contributed by atoms with Crippen LogP contribution in [0.3, 0.4) is 0 Å². The van der Waals surface area contributed by atoms with Crippen molar-refractivity contribution >= 4 is 33.5 Å². The molecule has 3 heteroatoms. The minimum atomic E-state index is -0.315. The van der Waals surface area contributed by atoms with Gasteiger partial charge in [-0.05, 0) is 24.6 Å². The number of para-hydroxylation sites is 1. The standard InChI is InChI=1S/C15H13ClO2/c1-2-14(16)18-13-9-5-8-12-15(13)10-6-3-4-7-11(10)17-12/h3-9,14H,2H2,1H3. The van der Waals surface area contributed by atoms with Crippen LogP contribution in [0.2, 0.25) is 0 Å². The van der Waals surface area contributed by atoms with E-state index in [0.29, 0.717) is 0 Å². The predicted octanol–water partition coefficient (Wildman–Crippen LogP) is 4.94. The highest BCUT2D eigenvalue weighted by molar-refractivity contribution is 6.20. The van der Waals surface area contributed by atoms with Crippen LogP contribution in [0.4, 0.5) is 0 Å². The van der Waals surface area contributed by atoms with Crippen LogP contribution in [-0.2, 0) is 0 Å². The lowest BCUT2D eigenvalue weighted by atomic mass is 10.1. The molecule has 0 N–H and O–H groups in total. The number of hydrogen-bond donors (Lipinski definition) is 0. The van der Waals surface area contributed by atoms with Crippen molar-refractivity contribution in [2.24, 2.45) is 0 Å². The summed E-state index contributed by atoms with van der Waals surface area (Å²) >= 11 is 6.07. The highest BCUT2D eigenvalue weighted by Crippen LogP contribution is 2.36. The number of halogens is 1. The fourth-order valence-electron chi connectivity index (χ4n) is 2.06. The van der Waals surface area contributed by atoms with Crippen molar-refractivity contribution in [3.05, 3.63) is 42.5 Å². The molecule has 0 saturated heterocycles. The van der Waals surface area contributed by atoms with Crippen molar-refractivity contribution in [1.29, 1.82) is 0 Å². The maximum atomic E-state index is 6.07. The van der Waals surface area contributed by atoms with Crippen LogP contribution in [0, 0.1) is 0 Å². The third-order valence-corrected chi connectivity index (χ3v) is 3.34. The first-order valence-electron chi connectivity index (χ1n) is 6.00. The Labute approximate surface area is 110 Å². The van der Waals surface area contributed by atoms with Gasteiger partial charge in [-0.15, -0.1) is 0 Å². The summed E-state index contributed by atoms with van der Waals surface area (Å²) in [5, 5.41) is 2.05. The van der Waals surface area contributed by atoms with Gasteiger partial charge in [-0.1, -0.05) is 42.8 Å². The maximum absolute atomic E-state index is 6.07. The largest absolute Gasteiger partial charge is 0.474 e. The Hall–Kier alpha value is -1.67. The summed E-state index contributed by atoms with van der Waals surface area (Å²) in [6, 6.07) is 13.7. The molecule has 0 aliphatic carbocycles. The quantitative estimate of drug-likeness (QED) is 0.623. The lowest BCUT2D eigenvalue weighted by Crippen LogP contribution is -2.06. The molecule has 1 heterocycles. The molecule has 2 nitrogen and oxygen atoms in total. The van der Waals surface area contributed by atoms with Crippen molar-refractivity contribution in [3.8, 4) is 5.75 Å². The van der Waals surface area contributed by atoms with E-state index >= 15 is 0 Å². The second-order valence-corrected chi connectivity index (χ2v) is 4.65. The Kier molecular flexibility index (Phi) is 2.88. The zero-order chi connectivity index (χ0) is 12.5. The van der Waals surface area contributed by atoms with Gasteiger partial charge in [-0.2, -0.15) is 0 Å². The molecular weight excluding hydrogens is 248 g/mol. The monoisotopic (exact) mass is 260 g/mol. The van der Waals surface area contributed by atoms with Gasteiger partial charge in [0.25, 0.3) is 0 Å². The molecule has 0 aliphatic heterocycles. The molecule has 0 fully saturated rings. The van der Waals surface area contributed by atoms with Crippen molar-refractivity contribution in [1.82, 2.24) is 0 Å². The highest BCUT2D eigenvalue weighted by Gasteiger charge is 2.13. The van der Waals surface area contributed by atoms with E-state index in [9.17, 15) is 0 Å². The third kappa shape index (κ3) is 1.83. The number of hydrogen-bond acceptors (Lipinski definition) is 2. The van der Waals surface area contributed by atoms with E-state index in [2.05, 4.69) is 0 Å². The van der Waals surface area contributed by atoms with Gasteiger partial charge in [0, 0.05) is 5.39 Å². The normalized spacial score (nSPS) is 13.0. The van der Waals surface area contributed by atoms with Gasteiger partial charge in [-0.3, -0.25) is 0 Å². The van der Waals surface area contributed by atoms with E-state index < -0.39 is 0 Å². The van der Waals surface area contributed by atoms with Gasteiger partial charge in [0.05, 0.1) is 5.39 Å². The van der Waals surface area contributed by atoms with Crippen LogP contribution in [0.25, 0.3) is 21.9 Å². The number of alkyl halides is 1. The van der Waals surface area contributed by atoms with Crippen LogP contribution in [0.5, 0.6) is 5.75 Å². The fraction of sp³-hybridized carbons (Fsp3) is 0.200. The van der Waals surface area contributed by atoms with Crippen LogP contribution in [-0.4, -0.2) is 5.56 Å². The van der Waals surface area contributed by atoms with Crippen molar-refractivity contribution < 1.29 is 9.15 Å². The van der Waals surface area contributed by atoms with Gasteiger partial charge >= 0.3 is 0 Å². The Balaban J connectivity index is 2.25. The van der Waals surface area contributed by atoms with Gasteiger partial charge in [0.1, 0.15) is 16.9 Å². The van der Waals surface area contributed by atoms with Gasteiger partial charge in [-0.25, -0.2) is 0 Å². The molecule has 0 spiro atoms. The minimum absolute atomic E-state index is 0.315. The summed E-state index contributed by atoms with van der Waals surface area (Å²) < 4.78 is 11.5. The van der Waals surface area contributed by atoms with Crippen molar-refractivity contribution in [2.75, 3.05) is 0 Å². The summed E-state index contributed by atoms with van der Waals surface area (Å²) in [6.07, 6.45) is 0.758. The fourth-order valence-corrected chi connectivity index (χ4v) is 2.16. The maximum Gasteiger partial charge on any atom is 0.172 e. The first-order chi connectivity index (χ1) is 8.79. The molecule has 0 aliphatic rings. The molecular formula is C15H13ClO2. The third-order valence-electron chi connectivity index (χ3n) is 2.94. The topological polar surface area (TPSA) is 22.4 Å². The average Bonchev–Trinajstić information content (AvgIpc) is 2.78. The van der Waals surface area contributed by atoms with E-state index in [0.717, 1.165) is 34.1 Å². The molecule has 3 aromatic rings. The Bertz CT molecular complexity index is 687. The number of furan rings is 1. The van der Waals surface area contributed by atoms with Crippen LogP contribution >= 0.6 is 11.6 Å². The van der Waals surface area contributed by atoms with Gasteiger partial charge < -0.3 is 9.15 Å². The van der Waals surface area contributed by atoms with Crippen LogP contribution < -0.4 is 4.74 Å². The molecule has 2 aromatic carbocycles. The smallest absolute Gasteiger partial charge is 0.172 e. The molecule has 0 saturated carbocycles. The van der Waals surface area contributed by atoms with Gasteiger partial charge in [0.15, 0.2) is 5.56 Å². The molecule has 1 atom stereocenters. The summed E-state index contributed by atoms with van der Waals surface area (Å²) in [6.45, 7) is 1.99. The number of rotatable bonds is 3. The molecule has 1 unspecified atom stereocenters. The molecule has 0 amide bonds. The summed E-state index contributed by atoms with van der Waals surface area (Å²) in [5.74, 6) is 0.777. The highest BCUT2D eigenvalue weighted by atomic mass is 35.5. The molecule has 1 aromatic heterocycles. The van der Waals surface area contributed by atoms with E-state index in [4.69, 9.17) is 20.8 Å². The zero-order valence-electron chi connectivity index (χ0n) is 10.0. The van der Waals surface area contributed by atoms with Crippen molar-refractivity contribution in [3.63, 3.8) is 0 Å². The number of fused-ring (bicyclic) bond motifs is 3. The lowest BCUT2D eigenvalue weighted by Gasteiger charge is -2.11. The Morgan fingerprint density at radius 2 is 1.89 bits per heavy atom. The molecule has 92 valence electrons. The molecule has 3 rings (SSSR count). The summed E-state index contributed by atoms with van der Waals surface area (Å²) in [5.41, 5.74) is 1.38. The zero-order valence-corrected chi connectivity index (χ0v) is 10.8. The lowest BCUT2D eigenvalue weighted by molar-refractivity contribution is 0.280. The number of ether oxygens (including phenoxy) is 1. The molecule has 0 bridgehead atoms. The molecule has 18 heavy (non-hydrogen) atoms. The van der Waals surface area contributed by atoms with Crippen molar-refractivity contribution in [2.45, 2.75) is 18.9 Å². The van der Waals surface area contributed by atoms with Gasteiger partial charge in [0.2, 0.25) is 0 Å². The van der Waals surface area contributed by atoms with Crippen LogP contribution in [0.15, 0.2) is 46.9 Å². The second-order valence-electron chi connectivity index (χ2n) is 4.16. The van der Waals surface area contributed by atoms with Crippen LogP contribution in [0.1, 0.15) is 13.3 Å². The first-order valence-corrected chi connectivity index (χ1v) is 6.44. The Morgan fingerprint density at radius 3 is 2.72 bits per heavy atom. The summed E-state index contributed by atoms with van der Waals surface area (Å²) in [4.78, 5) is 0. The first kappa shape index (κ1) is 11.4. The van der Waals surface area contributed by atoms with E-state index in [1.54, 1.807) is 0 Å². The minimum Gasteiger partial charge on any atom is -0.474 e.